The second kappa shape index (κ2) is 6.17. The predicted molar refractivity (Wildman–Crippen MR) is 95.8 cm³/mol. The summed E-state index contributed by atoms with van der Waals surface area (Å²) in [6, 6.07) is 10.8. The zero-order valence-corrected chi connectivity index (χ0v) is 14.7. The average Bonchev–Trinajstić information content (AvgIpc) is 2.66. The summed E-state index contributed by atoms with van der Waals surface area (Å²) in [5.41, 5.74) is 0.803. The highest BCUT2D eigenvalue weighted by Gasteiger charge is 2.46. The Bertz CT molecular complexity index is 895. The maximum Gasteiger partial charge on any atom is 0.277 e. The molecule has 3 heterocycles. The standard InChI is InChI=1S/C19H21N3O4/c1-20-15-9-8-13(23)16(12-6-4-3-5-7-12)22(15)21-11-10-14(24)18(26-2)17(21)19(20)25/h3-7,10-11,13,15-16,23H,8-9H2,1-2H3/t13-,15+,16-/m1/s1. The van der Waals surface area contributed by atoms with E-state index in [-0.39, 0.29) is 35.0 Å². The number of piperidine rings is 1. The fourth-order valence-corrected chi connectivity index (χ4v) is 4.04. The molecule has 136 valence electrons. The van der Waals surface area contributed by atoms with Gasteiger partial charge < -0.3 is 14.7 Å². The van der Waals surface area contributed by atoms with Crippen molar-refractivity contribution in [3.8, 4) is 5.75 Å². The Labute approximate surface area is 151 Å². The van der Waals surface area contributed by atoms with E-state index in [0.29, 0.717) is 12.8 Å². The van der Waals surface area contributed by atoms with Gasteiger partial charge in [-0.2, -0.15) is 0 Å². The van der Waals surface area contributed by atoms with Gasteiger partial charge in [0.05, 0.1) is 19.3 Å². The first-order valence-electron chi connectivity index (χ1n) is 8.63. The molecule has 1 fully saturated rings. The molecule has 0 saturated carbocycles. The number of aliphatic hydroxyl groups is 1. The summed E-state index contributed by atoms with van der Waals surface area (Å²) < 4.78 is 6.91. The molecule has 1 saturated heterocycles. The lowest BCUT2D eigenvalue weighted by molar-refractivity contribution is 0.0258. The van der Waals surface area contributed by atoms with Crippen LogP contribution in [0.5, 0.6) is 5.75 Å². The zero-order valence-electron chi connectivity index (χ0n) is 14.7. The van der Waals surface area contributed by atoms with Crippen molar-refractivity contribution in [2.24, 2.45) is 0 Å². The second-order valence-corrected chi connectivity index (χ2v) is 6.68. The first kappa shape index (κ1) is 16.7. The Hall–Kier alpha value is -2.80. The molecule has 4 rings (SSSR count). The highest BCUT2D eigenvalue weighted by atomic mass is 16.5. The van der Waals surface area contributed by atoms with Crippen molar-refractivity contribution in [3.05, 3.63) is 64.1 Å². The van der Waals surface area contributed by atoms with Crippen LogP contribution in [-0.2, 0) is 0 Å². The molecule has 1 aromatic heterocycles. The van der Waals surface area contributed by atoms with Crippen LogP contribution >= 0.6 is 0 Å². The number of hydrogen-bond donors (Lipinski definition) is 1. The van der Waals surface area contributed by atoms with Gasteiger partial charge in [0.2, 0.25) is 5.43 Å². The van der Waals surface area contributed by atoms with E-state index >= 15 is 0 Å². The number of hydrogen-bond acceptors (Lipinski definition) is 5. The van der Waals surface area contributed by atoms with Crippen molar-refractivity contribution in [2.45, 2.75) is 31.2 Å². The minimum atomic E-state index is -0.589. The molecule has 26 heavy (non-hydrogen) atoms. The van der Waals surface area contributed by atoms with Crippen molar-refractivity contribution in [3.63, 3.8) is 0 Å². The van der Waals surface area contributed by atoms with Crippen molar-refractivity contribution >= 4 is 5.91 Å². The molecule has 1 amide bonds. The number of rotatable bonds is 2. The molecule has 0 bridgehead atoms. The maximum atomic E-state index is 12.9. The average molecular weight is 355 g/mol. The summed E-state index contributed by atoms with van der Waals surface area (Å²) in [5.74, 6) is -0.237. The number of amides is 1. The first-order valence-corrected chi connectivity index (χ1v) is 8.63. The van der Waals surface area contributed by atoms with Gasteiger partial charge in [-0.15, -0.1) is 0 Å². The van der Waals surface area contributed by atoms with Crippen LogP contribution in [0, 0.1) is 0 Å². The Morgan fingerprint density at radius 3 is 2.54 bits per heavy atom. The van der Waals surface area contributed by atoms with Gasteiger partial charge >= 0.3 is 0 Å². The van der Waals surface area contributed by atoms with Crippen molar-refractivity contribution in [1.82, 2.24) is 9.58 Å². The van der Waals surface area contributed by atoms with Gasteiger partial charge in [0.1, 0.15) is 6.17 Å². The molecule has 1 N–H and O–H groups in total. The van der Waals surface area contributed by atoms with E-state index < -0.39 is 6.10 Å². The third-order valence-electron chi connectivity index (χ3n) is 5.27. The van der Waals surface area contributed by atoms with E-state index in [2.05, 4.69) is 0 Å². The SMILES string of the molecule is COc1c2n(ccc1=O)N1[C@H](c3ccccc3)[C@H](O)CC[C@H]1N(C)C2=O. The van der Waals surface area contributed by atoms with E-state index in [4.69, 9.17) is 4.74 Å². The summed E-state index contributed by atoms with van der Waals surface area (Å²) in [5, 5.41) is 12.7. The van der Waals surface area contributed by atoms with Gasteiger partial charge in [0.25, 0.3) is 5.91 Å². The van der Waals surface area contributed by atoms with E-state index in [1.54, 1.807) is 22.8 Å². The lowest BCUT2D eigenvalue weighted by Crippen LogP contribution is -2.65. The number of fused-ring (bicyclic) bond motifs is 3. The lowest BCUT2D eigenvalue weighted by Gasteiger charge is -2.53. The zero-order chi connectivity index (χ0) is 18.4. The number of aromatic nitrogens is 1. The van der Waals surface area contributed by atoms with Crippen LogP contribution in [-0.4, -0.2) is 47.0 Å². The number of aliphatic hydroxyl groups excluding tert-OH is 1. The highest BCUT2D eigenvalue weighted by molar-refractivity contribution is 5.96. The van der Waals surface area contributed by atoms with Crippen LogP contribution in [0.3, 0.4) is 0 Å². The van der Waals surface area contributed by atoms with Gasteiger partial charge in [0, 0.05) is 19.3 Å². The summed E-state index contributed by atoms with van der Waals surface area (Å²) >= 11 is 0. The molecule has 1 aromatic carbocycles. The summed E-state index contributed by atoms with van der Waals surface area (Å²) in [6.45, 7) is 0. The van der Waals surface area contributed by atoms with Crippen molar-refractivity contribution in [1.29, 1.82) is 0 Å². The topological polar surface area (TPSA) is 75.0 Å². The molecular weight excluding hydrogens is 334 g/mol. The van der Waals surface area contributed by atoms with E-state index in [1.165, 1.54) is 13.2 Å². The Morgan fingerprint density at radius 1 is 1.12 bits per heavy atom. The summed E-state index contributed by atoms with van der Waals surface area (Å²) in [6.07, 6.45) is 2.02. The molecule has 3 atom stereocenters. The normalized spacial score (nSPS) is 24.9. The second-order valence-electron chi connectivity index (χ2n) is 6.68. The van der Waals surface area contributed by atoms with Crippen LogP contribution in [0.25, 0.3) is 0 Å². The molecule has 0 unspecified atom stereocenters. The van der Waals surface area contributed by atoms with E-state index in [9.17, 15) is 14.7 Å². The molecule has 2 aliphatic rings. The van der Waals surface area contributed by atoms with Gasteiger partial charge in [-0.05, 0) is 18.4 Å². The predicted octanol–water partition coefficient (Wildman–Crippen LogP) is 1.10. The minimum Gasteiger partial charge on any atom is -0.491 e. The van der Waals surface area contributed by atoms with Crippen molar-refractivity contribution in [2.75, 3.05) is 19.2 Å². The van der Waals surface area contributed by atoms with Crippen LogP contribution in [0.2, 0.25) is 0 Å². The van der Waals surface area contributed by atoms with Gasteiger partial charge in [-0.25, -0.2) is 0 Å². The largest absolute Gasteiger partial charge is 0.491 e. The monoisotopic (exact) mass is 355 g/mol. The molecule has 0 spiro atoms. The molecule has 7 heteroatoms. The number of pyridine rings is 1. The smallest absolute Gasteiger partial charge is 0.277 e. The fraction of sp³-hybridized carbons (Fsp3) is 0.368. The minimum absolute atomic E-state index is 0.0228. The first-order chi connectivity index (χ1) is 12.5. The van der Waals surface area contributed by atoms with E-state index in [0.717, 1.165) is 5.56 Å². The van der Waals surface area contributed by atoms with Crippen molar-refractivity contribution < 1.29 is 14.6 Å². The van der Waals surface area contributed by atoms with Crippen LogP contribution in [0.1, 0.15) is 34.9 Å². The van der Waals surface area contributed by atoms with Gasteiger partial charge in [0.15, 0.2) is 11.4 Å². The lowest BCUT2D eigenvalue weighted by atomic mass is 9.91. The molecule has 2 aromatic rings. The molecule has 7 nitrogen and oxygen atoms in total. The quantitative estimate of drug-likeness (QED) is 0.873. The van der Waals surface area contributed by atoms with Crippen LogP contribution < -0.4 is 15.2 Å². The fourth-order valence-electron chi connectivity index (χ4n) is 4.04. The molecule has 2 aliphatic heterocycles. The maximum absolute atomic E-state index is 12.9. The Balaban J connectivity index is 1.95. The molecule has 0 aliphatic carbocycles. The van der Waals surface area contributed by atoms with E-state index in [1.807, 2.05) is 35.3 Å². The Morgan fingerprint density at radius 2 is 1.85 bits per heavy atom. The number of benzene rings is 1. The number of ether oxygens (including phenoxy) is 1. The third-order valence-corrected chi connectivity index (χ3v) is 5.27. The van der Waals surface area contributed by atoms with Gasteiger partial charge in [-0.3, -0.25) is 19.3 Å². The Kier molecular flexibility index (Phi) is 3.96. The van der Waals surface area contributed by atoms with Crippen LogP contribution in [0.15, 0.2) is 47.4 Å². The third kappa shape index (κ3) is 2.31. The number of nitrogens with zero attached hydrogens (tertiary/aromatic N) is 3. The van der Waals surface area contributed by atoms with Crippen LogP contribution in [0.4, 0.5) is 0 Å². The number of carbonyl (C=O) groups excluding carboxylic acids is 1. The molecule has 0 radical (unpaired) electrons. The number of methoxy groups -OCH3 is 1. The highest BCUT2D eigenvalue weighted by Crippen LogP contribution is 2.38. The summed E-state index contributed by atoms with van der Waals surface area (Å²) in [4.78, 5) is 26.7. The number of carbonyl (C=O) groups is 1. The molecular formula is C19H21N3O4. The summed E-state index contributed by atoms with van der Waals surface area (Å²) in [7, 11) is 3.11. The van der Waals surface area contributed by atoms with Gasteiger partial charge in [-0.1, -0.05) is 30.3 Å².